The quantitative estimate of drug-likeness (QED) is 0.0749. The number of carbonyl (C=O) groups excluding carboxylic acids is 3. The second-order valence-electron chi connectivity index (χ2n) is 16.3. The van der Waals surface area contributed by atoms with E-state index in [1.807, 2.05) is 0 Å². The van der Waals surface area contributed by atoms with Gasteiger partial charge >= 0.3 is 36.4 Å². The molecule has 300 valence electrons. The molecule has 52 heavy (non-hydrogen) atoms. The fourth-order valence-corrected chi connectivity index (χ4v) is 7.58. The van der Waals surface area contributed by atoms with Crippen LogP contribution in [0.2, 0.25) is 0 Å². The predicted molar refractivity (Wildman–Crippen MR) is 160 cm³/mol. The number of aliphatic hydroxyl groups is 2. The lowest BCUT2D eigenvalue weighted by molar-refractivity contribution is -0.422. The van der Waals surface area contributed by atoms with Crippen molar-refractivity contribution in [1.82, 2.24) is 0 Å². The summed E-state index contributed by atoms with van der Waals surface area (Å²) in [5, 5.41) is 20.6. The van der Waals surface area contributed by atoms with Crippen LogP contribution in [0.15, 0.2) is 12.2 Å². The van der Waals surface area contributed by atoms with Gasteiger partial charge in [0.2, 0.25) is 0 Å². The average molecular weight is 773 g/mol. The molecule has 0 spiro atoms. The second-order valence-corrected chi connectivity index (χ2v) is 16.3. The fraction of sp³-hybridized carbons (Fsp3) is 0.848. The first-order valence-electron chi connectivity index (χ1n) is 16.2. The molecule has 1 saturated heterocycles. The van der Waals surface area contributed by atoms with Crippen LogP contribution < -0.4 is 0 Å². The lowest BCUT2D eigenvalue weighted by atomic mass is 9.73. The van der Waals surface area contributed by atoms with E-state index in [2.05, 4.69) is 6.58 Å². The van der Waals surface area contributed by atoms with Gasteiger partial charge in [-0.05, 0) is 82.1 Å². The number of hydrogen-bond donors (Lipinski definition) is 2. The Hall–Kier alpha value is -2.64. The molecular weight excluding hydrogens is 727 g/mol. The molecule has 0 aromatic carbocycles. The summed E-state index contributed by atoms with van der Waals surface area (Å²) in [7, 11) is 0. The molecule has 3 aliphatic rings. The van der Waals surface area contributed by atoms with Crippen molar-refractivity contribution in [2.45, 2.75) is 159 Å². The maximum atomic E-state index is 14.1. The normalized spacial score (nSPS) is 27.6. The minimum absolute atomic E-state index is 0.0402. The van der Waals surface area contributed by atoms with E-state index in [0.717, 1.165) is 41.5 Å². The standard InChI is InChI=1S/C33H45F9O10/c1-15(2)21(43)49-19-16-12-17-20(19)50-23(45)29(17,13-16)22(44)48-18(14-24(3,4)51-26(7,8)28(11,46)31(34,35)36)25(5,6)52-27(9,10)30(47,32(37,38)39)33(40,41)42/h16-20,46-47H,1,12-14H2,2-11H3. The van der Waals surface area contributed by atoms with Crippen LogP contribution in [0.4, 0.5) is 39.5 Å². The molecule has 1 aliphatic heterocycles. The molecule has 2 N–H and O–H groups in total. The Balaban J connectivity index is 2.07. The second kappa shape index (κ2) is 12.7. The molecule has 2 saturated carbocycles. The van der Waals surface area contributed by atoms with Gasteiger partial charge in [0, 0.05) is 23.8 Å². The van der Waals surface area contributed by atoms with E-state index < -0.39 is 112 Å². The molecule has 3 rings (SSSR count). The van der Waals surface area contributed by atoms with E-state index in [9.17, 15) is 64.1 Å². The smallest absolute Gasteiger partial charge is 0.429 e. The monoisotopic (exact) mass is 772 g/mol. The highest BCUT2D eigenvalue weighted by atomic mass is 19.4. The molecule has 2 aliphatic carbocycles. The topological polar surface area (TPSA) is 138 Å². The predicted octanol–water partition coefficient (Wildman–Crippen LogP) is 6.04. The Morgan fingerprint density at radius 2 is 1.37 bits per heavy atom. The molecule has 2 bridgehead atoms. The van der Waals surface area contributed by atoms with Crippen molar-refractivity contribution >= 4 is 17.9 Å². The highest BCUT2D eigenvalue weighted by Gasteiger charge is 2.79. The van der Waals surface area contributed by atoms with Crippen LogP contribution in [0.1, 0.15) is 88.5 Å². The van der Waals surface area contributed by atoms with E-state index in [1.165, 1.54) is 6.92 Å². The van der Waals surface area contributed by atoms with Crippen LogP contribution in [-0.2, 0) is 38.1 Å². The van der Waals surface area contributed by atoms with Crippen LogP contribution in [-0.4, -0.2) is 98.6 Å². The van der Waals surface area contributed by atoms with Crippen molar-refractivity contribution in [2.24, 2.45) is 17.3 Å². The van der Waals surface area contributed by atoms with Crippen molar-refractivity contribution in [1.29, 1.82) is 0 Å². The first-order chi connectivity index (χ1) is 22.8. The highest BCUT2D eigenvalue weighted by molar-refractivity contribution is 6.03. The zero-order valence-electron chi connectivity index (χ0n) is 30.3. The first-order valence-corrected chi connectivity index (χ1v) is 16.2. The lowest BCUT2D eigenvalue weighted by Crippen LogP contribution is -2.71. The molecular formula is C33H45F9O10. The number of carbonyl (C=O) groups is 3. The van der Waals surface area contributed by atoms with Crippen LogP contribution in [0.25, 0.3) is 0 Å². The van der Waals surface area contributed by atoms with Crippen molar-refractivity contribution < 1.29 is 87.8 Å². The fourth-order valence-electron chi connectivity index (χ4n) is 7.58. The van der Waals surface area contributed by atoms with Gasteiger partial charge in [0.1, 0.15) is 35.1 Å². The van der Waals surface area contributed by atoms with Crippen molar-refractivity contribution in [3.63, 3.8) is 0 Å². The van der Waals surface area contributed by atoms with Gasteiger partial charge in [-0.2, -0.15) is 39.5 Å². The summed E-state index contributed by atoms with van der Waals surface area (Å²) in [4.78, 5) is 39.7. The largest absolute Gasteiger partial charge is 0.458 e. The number of fused-ring (bicyclic) bond motifs is 1. The number of alkyl halides is 9. The number of halogens is 9. The van der Waals surface area contributed by atoms with Gasteiger partial charge in [0.15, 0.2) is 11.0 Å². The summed E-state index contributed by atoms with van der Waals surface area (Å²) in [6.07, 6.45) is -23.0. The highest BCUT2D eigenvalue weighted by Crippen LogP contribution is 2.63. The zero-order valence-corrected chi connectivity index (χ0v) is 30.3. The van der Waals surface area contributed by atoms with Gasteiger partial charge in [-0.3, -0.25) is 9.59 Å². The zero-order chi connectivity index (χ0) is 40.9. The SMILES string of the molecule is C=C(C)C(=O)OC1C2CC3C1OC(=O)C3(C(=O)OC(CC(C)(C)OC(C)(C)C(C)(O)C(F)(F)F)C(C)(C)OC(C)(C)C(O)(C(F)(F)F)C(F)(F)F)C2. The van der Waals surface area contributed by atoms with Gasteiger partial charge < -0.3 is 33.9 Å². The van der Waals surface area contributed by atoms with E-state index in [4.69, 9.17) is 23.7 Å². The van der Waals surface area contributed by atoms with Crippen molar-refractivity contribution in [3.8, 4) is 0 Å². The third kappa shape index (κ3) is 7.03. The molecule has 7 atom stereocenters. The maximum Gasteiger partial charge on any atom is 0.429 e. The Morgan fingerprint density at radius 1 is 0.865 bits per heavy atom. The number of hydrogen-bond acceptors (Lipinski definition) is 10. The summed E-state index contributed by atoms with van der Waals surface area (Å²) in [5.74, 6) is -4.77. The molecule has 0 aromatic heterocycles. The lowest BCUT2D eigenvalue weighted by Gasteiger charge is -2.50. The van der Waals surface area contributed by atoms with Crippen LogP contribution in [0.5, 0.6) is 0 Å². The Labute approximate surface area is 294 Å². The van der Waals surface area contributed by atoms with Crippen molar-refractivity contribution in [3.05, 3.63) is 12.2 Å². The molecule has 7 unspecified atom stereocenters. The first kappa shape index (κ1) is 43.8. The molecule has 1 heterocycles. The molecule has 3 fully saturated rings. The summed E-state index contributed by atoms with van der Waals surface area (Å²) in [6.45, 7) is 11.8. The minimum atomic E-state index is -6.36. The molecule has 19 heteroatoms. The molecule has 0 amide bonds. The van der Waals surface area contributed by atoms with Gasteiger partial charge in [0.25, 0.3) is 5.60 Å². The van der Waals surface area contributed by atoms with Gasteiger partial charge in [-0.15, -0.1) is 0 Å². The van der Waals surface area contributed by atoms with E-state index in [0.29, 0.717) is 20.8 Å². The van der Waals surface area contributed by atoms with E-state index in [1.54, 1.807) is 0 Å². The number of ether oxygens (including phenoxy) is 5. The van der Waals surface area contributed by atoms with Crippen molar-refractivity contribution in [2.75, 3.05) is 0 Å². The maximum absolute atomic E-state index is 14.1. The molecule has 0 aromatic rings. The third-order valence-corrected chi connectivity index (χ3v) is 10.7. The number of esters is 3. The van der Waals surface area contributed by atoms with E-state index >= 15 is 0 Å². The summed E-state index contributed by atoms with van der Waals surface area (Å²) in [6, 6.07) is 0. The molecule has 0 radical (unpaired) electrons. The minimum Gasteiger partial charge on any atom is -0.458 e. The van der Waals surface area contributed by atoms with Crippen LogP contribution in [0, 0.1) is 17.3 Å². The average Bonchev–Trinajstić information content (AvgIpc) is 3.51. The van der Waals surface area contributed by atoms with Gasteiger partial charge in [0.05, 0.1) is 5.60 Å². The summed E-state index contributed by atoms with van der Waals surface area (Å²) in [5.41, 5.74) is -21.5. The van der Waals surface area contributed by atoms with E-state index in [-0.39, 0.29) is 18.4 Å². The van der Waals surface area contributed by atoms with Gasteiger partial charge in [-0.25, -0.2) is 4.79 Å². The Kier molecular flexibility index (Phi) is 10.7. The third-order valence-electron chi connectivity index (χ3n) is 10.7. The summed E-state index contributed by atoms with van der Waals surface area (Å²) >= 11 is 0. The van der Waals surface area contributed by atoms with Crippen LogP contribution >= 0.6 is 0 Å². The van der Waals surface area contributed by atoms with Crippen LogP contribution in [0.3, 0.4) is 0 Å². The molecule has 10 nitrogen and oxygen atoms in total. The Bertz CT molecular complexity index is 1430. The van der Waals surface area contributed by atoms with Gasteiger partial charge in [-0.1, -0.05) is 6.58 Å². The summed E-state index contributed by atoms with van der Waals surface area (Å²) < 4.78 is 153. The number of rotatable bonds is 13. The Morgan fingerprint density at radius 3 is 1.81 bits per heavy atom.